The maximum atomic E-state index is 12.5. The standard InChI is InChI=1S/C18H27NO3/c1-4-12-21-16-10-5-6-11-17(16)22-13-18(20)19-14(2)8-7-9-15(19)3/h5-6,10-11,14-15H,4,7-9,12-13H2,1-3H3/t14-,15-/m1/s1. The molecule has 0 aromatic heterocycles. The third kappa shape index (κ3) is 4.15. The number of carbonyl (C=O) groups excluding carboxylic acids is 1. The zero-order chi connectivity index (χ0) is 15.9. The van der Waals surface area contributed by atoms with Crippen molar-refractivity contribution in [1.29, 1.82) is 0 Å². The molecule has 0 bridgehead atoms. The molecule has 0 radical (unpaired) electrons. The van der Waals surface area contributed by atoms with E-state index in [1.807, 2.05) is 29.2 Å². The molecule has 0 N–H and O–H groups in total. The van der Waals surface area contributed by atoms with Crippen LogP contribution in [0.1, 0.15) is 46.5 Å². The molecule has 0 unspecified atom stereocenters. The van der Waals surface area contributed by atoms with Gasteiger partial charge in [0.15, 0.2) is 18.1 Å². The van der Waals surface area contributed by atoms with Crippen LogP contribution in [0, 0.1) is 0 Å². The number of para-hydroxylation sites is 2. The van der Waals surface area contributed by atoms with Crippen molar-refractivity contribution in [3.05, 3.63) is 24.3 Å². The van der Waals surface area contributed by atoms with Gasteiger partial charge in [-0.3, -0.25) is 4.79 Å². The van der Waals surface area contributed by atoms with Gasteiger partial charge in [-0.05, 0) is 51.7 Å². The Morgan fingerprint density at radius 2 is 1.73 bits per heavy atom. The molecule has 1 aliphatic heterocycles. The van der Waals surface area contributed by atoms with Crippen molar-refractivity contribution in [2.45, 2.75) is 58.5 Å². The van der Waals surface area contributed by atoms with Crippen molar-refractivity contribution < 1.29 is 14.3 Å². The minimum atomic E-state index is 0.0602. The molecule has 4 nitrogen and oxygen atoms in total. The lowest BCUT2D eigenvalue weighted by Gasteiger charge is -2.39. The van der Waals surface area contributed by atoms with E-state index < -0.39 is 0 Å². The Morgan fingerprint density at radius 1 is 1.14 bits per heavy atom. The lowest BCUT2D eigenvalue weighted by atomic mass is 9.97. The summed E-state index contributed by atoms with van der Waals surface area (Å²) < 4.78 is 11.4. The Morgan fingerprint density at radius 3 is 2.32 bits per heavy atom. The third-order valence-electron chi connectivity index (χ3n) is 4.14. The SMILES string of the molecule is CCCOc1ccccc1OCC(=O)N1[C@H](C)CCC[C@H]1C. The number of nitrogens with zero attached hydrogens (tertiary/aromatic N) is 1. The minimum absolute atomic E-state index is 0.0602. The summed E-state index contributed by atoms with van der Waals surface area (Å²) in [4.78, 5) is 14.4. The van der Waals surface area contributed by atoms with Crippen molar-refractivity contribution in [1.82, 2.24) is 4.90 Å². The molecule has 1 aliphatic rings. The topological polar surface area (TPSA) is 38.8 Å². The van der Waals surface area contributed by atoms with Gasteiger partial charge in [-0.15, -0.1) is 0 Å². The normalized spacial score (nSPS) is 21.5. The Bertz CT molecular complexity index is 479. The Hall–Kier alpha value is -1.71. The van der Waals surface area contributed by atoms with E-state index >= 15 is 0 Å². The Kier molecular flexibility index (Phi) is 6.10. The van der Waals surface area contributed by atoms with E-state index in [1.54, 1.807) is 0 Å². The predicted octanol–water partition coefficient (Wildman–Crippen LogP) is 3.64. The largest absolute Gasteiger partial charge is 0.490 e. The molecule has 1 aromatic rings. The van der Waals surface area contributed by atoms with E-state index in [0.717, 1.165) is 19.3 Å². The lowest BCUT2D eigenvalue weighted by molar-refractivity contribution is -0.139. The second-order valence-corrected chi connectivity index (χ2v) is 6.01. The van der Waals surface area contributed by atoms with Crippen LogP contribution in [0.4, 0.5) is 0 Å². The number of carbonyl (C=O) groups is 1. The summed E-state index contributed by atoms with van der Waals surface area (Å²) in [5.41, 5.74) is 0. The van der Waals surface area contributed by atoms with Crippen molar-refractivity contribution >= 4 is 5.91 Å². The second-order valence-electron chi connectivity index (χ2n) is 6.01. The van der Waals surface area contributed by atoms with Gasteiger partial charge in [0.1, 0.15) is 0 Å². The van der Waals surface area contributed by atoms with Gasteiger partial charge in [-0.25, -0.2) is 0 Å². The molecule has 1 aromatic carbocycles. The second kappa shape index (κ2) is 8.06. The molecular weight excluding hydrogens is 278 g/mol. The van der Waals surface area contributed by atoms with Gasteiger partial charge in [-0.2, -0.15) is 0 Å². The van der Waals surface area contributed by atoms with E-state index in [4.69, 9.17) is 9.47 Å². The molecule has 2 rings (SSSR count). The maximum Gasteiger partial charge on any atom is 0.260 e. The van der Waals surface area contributed by atoms with Gasteiger partial charge in [0.25, 0.3) is 5.91 Å². The van der Waals surface area contributed by atoms with Crippen molar-refractivity contribution in [3.8, 4) is 11.5 Å². The molecule has 1 heterocycles. The van der Waals surface area contributed by atoms with E-state index in [9.17, 15) is 4.79 Å². The lowest BCUT2D eigenvalue weighted by Crippen LogP contribution is -2.49. The number of ether oxygens (including phenoxy) is 2. The van der Waals surface area contributed by atoms with Crippen LogP contribution < -0.4 is 9.47 Å². The molecule has 0 saturated carbocycles. The summed E-state index contributed by atoms with van der Waals surface area (Å²) in [6.45, 7) is 7.01. The summed E-state index contributed by atoms with van der Waals surface area (Å²) >= 11 is 0. The van der Waals surface area contributed by atoms with E-state index in [1.165, 1.54) is 6.42 Å². The number of amides is 1. The fourth-order valence-electron chi connectivity index (χ4n) is 3.03. The molecule has 0 aliphatic carbocycles. The number of hydrogen-bond acceptors (Lipinski definition) is 3. The quantitative estimate of drug-likeness (QED) is 0.805. The maximum absolute atomic E-state index is 12.5. The highest BCUT2D eigenvalue weighted by atomic mass is 16.5. The summed E-state index contributed by atoms with van der Waals surface area (Å²) in [5.74, 6) is 1.41. The van der Waals surface area contributed by atoms with Crippen LogP contribution in [0.2, 0.25) is 0 Å². The van der Waals surface area contributed by atoms with Gasteiger partial charge in [-0.1, -0.05) is 19.1 Å². The summed E-state index contributed by atoms with van der Waals surface area (Å²) in [5, 5.41) is 0. The van der Waals surface area contributed by atoms with Crippen molar-refractivity contribution in [2.24, 2.45) is 0 Å². The molecule has 122 valence electrons. The van der Waals surface area contributed by atoms with E-state index in [2.05, 4.69) is 20.8 Å². The molecular formula is C18H27NO3. The highest BCUT2D eigenvalue weighted by molar-refractivity contribution is 5.78. The van der Waals surface area contributed by atoms with Crippen LogP contribution in [0.15, 0.2) is 24.3 Å². The minimum Gasteiger partial charge on any atom is -0.490 e. The van der Waals surface area contributed by atoms with Crippen LogP contribution in [0.25, 0.3) is 0 Å². The van der Waals surface area contributed by atoms with Gasteiger partial charge in [0.2, 0.25) is 0 Å². The first-order valence-electron chi connectivity index (χ1n) is 8.29. The molecule has 0 spiro atoms. The smallest absolute Gasteiger partial charge is 0.260 e. The first-order valence-corrected chi connectivity index (χ1v) is 8.29. The molecule has 2 atom stereocenters. The van der Waals surface area contributed by atoms with Gasteiger partial charge in [0.05, 0.1) is 6.61 Å². The zero-order valence-corrected chi connectivity index (χ0v) is 13.9. The summed E-state index contributed by atoms with van der Waals surface area (Å²) in [6.07, 6.45) is 4.29. The number of benzene rings is 1. The molecule has 1 saturated heterocycles. The number of piperidine rings is 1. The Balaban J connectivity index is 1.96. The predicted molar refractivity (Wildman–Crippen MR) is 87.3 cm³/mol. The number of hydrogen-bond donors (Lipinski definition) is 0. The van der Waals surface area contributed by atoms with Gasteiger partial charge in [0, 0.05) is 12.1 Å². The van der Waals surface area contributed by atoms with Crippen LogP contribution in [-0.4, -0.2) is 36.1 Å². The fourth-order valence-corrected chi connectivity index (χ4v) is 3.03. The first kappa shape index (κ1) is 16.7. The van der Waals surface area contributed by atoms with E-state index in [0.29, 0.717) is 30.2 Å². The van der Waals surface area contributed by atoms with Crippen LogP contribution in [-0.2, 0) is 4.79 Å². The summed E-state index contributed by atoms with van der Waals surface area (Å²) in [7, 11) is 0. The fraction of sp³-hybridized carbons (Fsp3) is 0.611. The van der Waals surface area contributed by atoms with Crippen molar-refractivity contribution in [3.63, 3.8) is 0 Å². The number of likely N-dealkylation sites (tertiary alicyclic amines) is 1. The highest BCUT2D eigenvalue weighted by Crippen LogP contribution is 2.27. The molecule has 1 amide bonds. The van der Waals surface area contributed by atoms with Crippen LogP contribution in [0.5, 0.6) is 11.5 Å². The zero-order valence-electron chi connectivity index (χ0n) is 13.9. The molecule has 22 heavy (non-hydrogen) atoms. The third-order valence-corrected chi connectivity index (χ3v) is 4.14. The highest BCUT2D eigenvalue weighted by Gasteiger charge is 2.29. The average molecular weight is 305 g/mol. The van der Waals surface area contributed by atoms with Crippen molar-refractivity contribution in [2.75, 3.05) is 13.2 Å². The van der Waals surface area contributed by atoms with Gasteiger partial charge >= 0.3 is 0 Å². The molecule has 1 fully saturated rings. The van der Waals surface area contributed by atoms with Crippen LogP contribution in [0.3, 0.4) is 0 Å². The van der Waals surface area contributed by atoms with E-state index in [-0.39, 0.29) is 12.5 Å². The summed E-state index contributed by atoms with van der Waals surface area (Å²) in [6, 6.07) is 8.13. The Labute approximate surface area is 133 Å². The monoisotopic (exact) mass is 305 g/mol. The number of rotatable bonds is 6. The first-order chi connectivity index (χ1) is 10.6. The average Bonchev–Trinajstić information content (AvgIpc) is 2.51. The molecule has 4 heteroatoms. The van der Waals surface area contributed by atoms with Crippen LogP contribution >= 0.6 is 0 Å². The van der Waals surface area contributed by atoms with Gasteiger partial charge < -0.3 is 14.4 Å².